The number of methoxy groups -OCH3 is 1. The highest BCUT2D eigenvalue weighted by Gasteiger charge is 2.22. The van der Waals surface area contributed by atoms with Gasteiger partial charge in [0.2, 0.25) is 0 Å². The predicted octanol–water partition coefficient (Wildman–Crippen LogP) is 3.07. The van der Waals surface area contributed by atoms with Gasteiger partial charge in [-0.25, -0.2) is 0 Å². The standard InChI is InChI=1S/C14H20BrNO2/c1-3-18-13-6-4-5-11(14(13)15)9-16-8-7-12(10-16)17-2/h4-6,12H,3,7-10H2,1-2H3/t12-/m0/s1. The number of hydrogen-bond donors (Lipinski definition) is 0. The Balaban J connectivity index is 2.03. The molecule has 0 N–H and O–H groups in total. The Hall–Kier alpha value is -0.580. The van der Waals surface area contributed by atoms with Crippen LogP contribution in [0.2, 0.25) is 0 Å². The topological polar surface area (TPSA) is 21.7 Å². The van der Waals surface area contributed by atoms with Crippen LogP contribution >= 0.6 is 15.9 Å². The molecule has 1 fully saturated rings. The van der Waals surface area contributed by atoms with E-state index in [0.717, 1.165) is 36.3 Å². The molecule has 0 spiro atoms. The van der Waals surface area contributed by atoms with E-state index in [0.29, 0.717) is 12.7 Å². The molecule has 18 heavy (non-hydrogen) atoms. The van der Waals surface area contributed by atoms with Crippen molar-refractivity contribution in [3.8, 4) is 5.75 Å². The van der Waals surface area contributed by atoms with Crippen LogP contribution in [0.1, 0.15) is 18.9 Å². The first-order valence-corrected chi connectivity index (χ1v) is 7.19. The van der Waals surface area contributed by atoms with Crippen LogP contribution in [-0.4, -0.2) is 37.8 Å². The molecule has 0 aromatic heterocycles. The molecule has 0 aliphatic carbocycles. The molecule has 1 atom stereocenters. The van der Waals surface area contributed by atoms with Gasteiger partial charge < -0.3 is 9.47 Å². The van der Waals surface area contributed by atoms with Gasteiger partial charge in [0.15, 0.2) is 0 Å². The van der Waals surface area contributed by atoms with Gasteiger partial charge >= 0.3 is 0 Å². The molecule has 1 aromatic rings. The minimum atomic E-state index is 0.388. The zero-order valence-corrected chi connectivity index (χ0v) is 12.6. The minimum absolute atomic E-state index is 0.388. The van der Waals surface area contributed by atoms with E-state index in [1.54, 1.807) is 7.11 Å². The highest BCUT2D eigenvalue weighted by atomic mass is 79.9. The number of halogens is 1. The number of ether oxygens (including phenoxy) is 2. The Morgan fingerprint density at radius 3 is 2.94 bits per heavy atom. The maximum atomic E-state index is 5.59. The molecule has 1 aliphatic rings. The summed E-state index contributed by atoms with van der Waals surface area (Å²) in [6, 6.07) is 6.20. The first-order chi connectivity index (χ1) is 8.74. The molecule has 1 saturated heterocycles. The molecule has 0 radical (unpaired) electrons. The third-order valence-electron chi connectivity index (χ3n) is 3.30. The molecule has 0 saturated carbocycles. The molecule has 0 bridgehead atoms. The lowest BCUT2D eigenvalue weighted by Gasteiger charge is -2.17. The quantitative estimate of drug-likeness (QED) is 0.834. The van der Waals surface area contributed by atoms with E-state index < -0.39 is 0 Å². The fourth-order valence-corrected chi connectivity index (χ4v) is 2.82. The van der Waals surface area contributed by atoms with Crippen LogP contribution in [0.15, 0.2) is 22.7 Å². The van der Waals surface area contributed by atoms with Crippen LogP contribution in [0.25, 0.3) is 0 Å². The number of rotatable bonds is 5. The summed E-state index contributed by atoms with van der Waals surface area (Å²) in [4.78, 5) is 2.42. The SMILES string of the molecule is CCOc1cccc(CN2CC[C@H](OC)C2)c1Br. The lowest BCUT2D eigenvalue weighted by molar-refractivity contribution is 0.107. The van der Waals surface area contributed by atoms with E-state index in [1.807, 2.05) is 13.0 Å². The average molecular weight is 314 g/mol. The Morgan fingerprint density at radius 2 is 2.28 bits per heavy atom. The molecular weight excluding hydrogens is 294 g/mol. The highest BCUT2D eigenvalue weighted by Crippen LogP contribution is 2.30. The maximum absolute atomic E-state index is 5.59. The lowest BCUT2D eigenvalue weighted by Crippen LogP contribution is -2.22. The maximum Gasteiger partial charge on any atom is 0.133 e. The summed E-state index contributed by atoms with van der Waals surface area (Å²) in [6.45, 7) is 5.76. The summed E-state index contributed by atoms with van der Waals surface area (Å²) in [6.07, 6.45) is 1.51. The van der Waals surface area contributed by atoms with E-state index in [4.69, 9.17) is 9.47 Å². The van der Waals surface area contributed by atoms with E-state index in [1.165, 1.54) is 5.56 Å². The van der Waals surface area contributed by atoms with E-state index in [9.17, 15) is 0 Å². The Morgan fingerprint density at radius 1 is 1.44 bits per heavy atom. The third-order valence-corrected chi connectivity index (χ3v) is 4.20. The van der Waals surface area contributed by atoms with Gasteiger partial charge in [0.25, 0.3) is 0 Å². The van der Waals surface area contributed by atoms with E-state index in [2.05, 4.69) is 33.0 Å². The van der Waals surface area contributed by atoms with Crippen LogP contribution in [0, 0.1) is 0 Å². The van der Waals surface area contributed by atoms with Crippen molar-refractivity contribution < 1.29 is 9.47 Å². The summed E-state index contributed by atoms with van der Waals surface area (Å²) >= 11 is 3.64. The largest absolute Gasteiger partial charge is 0.493 e. The van der Waals surface area contributed by atoms with Gasteiger partial charge in [-0.15, -0.1) is 0 Å². The lowest BCUT2D eigenvalue weighted by atomic mass is 10.2. The summed E-state index contributed by atoms with van der Waals surface area (Å²) in [7, 11) is 1.79. The fraction of sp³-hybridized carbons (Fsp3) is 0.571. The van der Waals surface area contributed by atoms with Crippen molar-refractivity contribution in [3.05, 3.63) is 28.2 Å². The molecule has 1 aromatic carbocycles. The van der Waals surface area contributed by atoms with E-state index in [-0.39, 0.29) is 0 Å². The zero-order chi connectivity index (χ0) is 13.0. The highest BCUT2D eigenvalue weighted by molar-refractivity contribution is 9.10. The molecule has 100 valence electrons. The van der Waals surface area contributed by atoms with Gasteiger partial charge in [-0.2, -0.15) is 0 Å². The second-order valence-corrected chi connectivity index (χ2v) is 5.34. The summed E-state index contributed by atoms with van der Waals surface area (Å²) in [5.74, 6) is 0.928. The Labute approximate surface area is 117 Å². The Bertz CT molecular complexity index is 397. The molecule has 2 rings (SSSR count). The van der Waals surface area contributed by atoms with Crippen LogP contribution in [0.4, 0.5) is 0 Å². The summed E-state index contributed by atoms with van der Waals surface area (Å²) < 4.78 is 12.1. The van der Waals surface area contributed by atoms with Crippen molar-refractivity contribution in [2.75, 3.05) is 26.8 Å². The molecule has 0 unspecified atom stereocenters. The fourth-order valence-electron chi connectivity index (χ4n) is 2.32. The van der Waals surface area contributed by atoms with Crippen molar-refractivity contribution in [2.24, 2.45) is 0 Å². The average Bonchev–Trinajstić information content (AvgIpc) is 2.82. The second kappa shape index (κ2) is 6.55. The monoisotopic (exact) mass is 313 g/mol. The van der Waals surface area contributed by atoms with Crippen LogP contribution in [-0.2, 0) is 11.3 Å². The van der Waals surface area contributed by atoms with Gasteiger partial charge in [-0.3, -0.25) is 4.90 Å². The van der Waals surface area contributed by atoms with Gasteiger partial charge in [0.05, 0.1) is 17.2 Å². The molecule has 1 aliphatic heterocycles. The van der Waals surface area contributed by atoms with Gasteiger partial charge in [0, 0.05) is 26.7 Å². The number of nitrogens with zero attached hydrogens (tertiary/aromatic N) is 1. The molecule has 1 heterocycles. The van der Waals surface area contributed by atoms with Crippen LogP contribution in [0.3, 0.4) is 0 Å². The number of likely N-dealkylation sites (tertiary alicyclic amines) is 1. The van der Waals surface area contributed by atoms with Gasteiger partial charge in [-0.05, 0) is 40.9 Å². The minimum Gasteiger partial charge on any atom is -0.493 e. The van der Waals surface area contributed by atoms with E-state index >= 15 is 0 Å². The van der Waals surface area contributed by atoms with Gasteiger partial charge in [0.1, 0.15) is 5.75 Å². The van der Waals surface area contributed by atoms with Crippen molar-refractivity contribution in [3.63, 3.8) is 0 Å². The van der Waals surface area contributed by atoms with Crippen molar-refractivity contribution in [1.29, 1.82) is 0 Å². The van der Waals surface area contributed by atoms with Crippen LogP contribution < -0.4 is 4.74 Å². The van der Waals surface area contributed by atoms with Crippen LogP contribution in [0.5, 0.6) is 5.75 Å². The first-order valence-electron chi connectivity index (χ1n) is 6.40. The summed E-state index contributed by atoms with van der Waals surface area (Å²) in [5, 5.41) is 0. The number of benzene rings is 1. The van der Waals surface area contributed by atoms with Crippen molar-refractivity contribution in [2.45, 2.75) is 26.0 Å². The first kappa shape index (κ1) is 13.8. The summed E-state index contributed by atoms with van der Waals surface area (Å²) in [5.41, 5.74) is 1.28. The zero-order valence-electron chi connectivity index (χ0n) is 11.0. The number of hydrogen-bond acceptors (Lipinski definition) is 3. The predicted molar refractivity (Wildman–Crippen MR) is 76.0 cm³/mol. The van der Waals surface area contributed by atoms with Crippen molar-refractivity contribution in [1.82, 2.24) is 4.90 Å². The molecule has 3 nitrogen and oxygen atoms in total. The smallest absolute Gasteiger partial charge is 0.133 e. The molecule has 4 heteroatoms. The second-order valence-electron chi connectivity index (χ2n) is 4.54. The third kappa shape index (κ3) is 3.25. The normalized spacial score (nSPS) is 20.3. The Kier molecular flexibility index (Phi) is 5.03. The molecular formula is C14H20BrNO2. The van der Waals surface area contributed by atoms with Gasteiger partial charge in [-0.1, -0.05) is 12.1 Å². The molecule has 0 amide bonds. The van der Waals surface area contributed by atoms with Crippen molar-refractivity contribution >= 4 is 15.9 Å².